The summed E-state index contributed by atoms with van der Waals surface area (Å²) in [5.41, 5.74) is 1.82. The first-order valence-electron chi connectivity index (χ1n) is 11.6. The number of hydrogen-bond donors (Lipinski definition) is 2. The predicted molar refractivity (Wildman–Crippen MR) is 130 cm³/mol. The Kier molecular flexibility index (Phi) is 7.29. The van der Waals surface area contributed by atoms with Gasteiger partial charge in [0.25, 0.3) is 0 Å². The topological polar surface area (TPSA) is 91.3 Å². The van der Waals surface area contributed by atoms with Gasteiger partial charge in [0.15, 0.2) is 5.82 Å². The highest BCUT2D eigenvalue weighted by Gasteiger charge is 2.22. The van der Waals surface area contributed by atoms with Crippen LogP contribution in [0.1, 0.15) is 12.8 Å². The smallest absolute Gasteiger partial charge is 0.223 e. The molecule has 34 heavy (non-hydrogen) atoms. The fraction of sp³-hybridized carbons (Fsp3) is 0.478. The molecule has 2 aromatic heterocycles. The van der Waals surface area contributed by atoms with E-state index in [0.29, 0.717) is 34.4 Å². The number of hydrogen-bond acceptors (Lipinski definition) is 9. The first kappa shape index (κ1) is 23.1. The summed E-state index contributed by atoms with van der Waals surface area (Å²) < 4.78 is 18.9. The number of ether oxygens (including phenoxy) is 1. The van der Waals surface area contributed by atoms with E-state index in [4.69, 9.17) is 16.3 Å². The van der Waals surface area contributed by atoms with Crippen molar-refractivity contribution in [2.24, 2.45) is 5.92 Å². The number of piperidine rings is 1. The minimum atomic E-state index is -0.472. The Labute approximate surface area is 202 Å². The molecule has 2 N–H and O–H groups in total. The van der Waals surface area contributed by atoms with Gasteiger partial charge in [0.1, 0.15) is 23.2 Å². The summed E-state index contributed by atoms with van der Waals surface area (Å²) in [7, 11) is 0. The highest BCUT2D eigenvalue weighted by atomic mass is 35.5. The number of fused-ring (bicyclic) bond motifs is 1. The zero-order valence-electron chi connectivity index (χ0n) is 18.9. The van der Waals surface area contributed by atoms with Gasteiger partial charge in [-0.05, 0) is 50.0 Å². The maximum Gasteiger partial charge on any atom is 0.223 e. The standard InChI is InChI=1S/C23H28ClFN8O/c24-18-11-17(1-2-19(18)25)30-22-21-20(28-14-29-22)13-27-23(31-21)26-12-16-3-5-32(6-4-16)15-33-7-9-34-10-8-33/h1-2,11,13-14,16H,3-10,12,15H2,(H,26,27,31)(H,28,29,30). The second-order valence-corrected chi connectivity index (χ2v) is 9.12. The molecule has 0 bridgehead atoms. The molecule has 1 aromatic carbocycles. The second-order valence-electron chi connectivity index (χ2n) is 8.72. The van der Waals surface area contributed by atoms with Gasteiger partial charge in [0.05, 0.1) is 31.1 Å². The Morgan fingerprint density at radius 1 is 1.06 bits per heavy atom. The van der Waals surface area contributed by atoms with E-state index in [-0.39, 0.29) is 5.02 Å². The summed E-state index contributed by atoms with van der Waals surface area (Å²) in [4.78, 5) is 22.6. The highest BCUT2D eigenvalue weighted by Crippen LogP contribution is 2.25. The van der Waals surface area contributed by atoms with Crippen LogP contribution in [-0.4, -0.2) is 82.3 Å². The fourth-order valence-corrected chi connectivity index (χ4v) is 4.51. The number of nitrogens with one attached hydrogen (secondary N) is 2. The minimum absolute atomic E-state index is 0.0383. The van der Waals surface area contributed by atoms with Gasteiger partial charge < -0.3 is 15.4 Å². The lowest BCUT2D eigenvalue weighted by molar-refractivity contribution is 0.00330. The van der Waals surface area contributed by atoms with Gasteiger partial charge >= 0.3 is 0 Å². The molecule has 5 rings (SSSR count). The van der Waals surface area contributed by atoms with E-state index in [1.165, 1.54) is 18.5 Å². The molecule has 3 aromatic rings. The largest absolute Gasteiger partial charge is 0.379 e. The van der Waals surface area contributed by atoms with E-state index in [9.17, 15) is 4.39 Å². The number of morpholine rings is 1. The van der Waals surface area contributed by atoms with Crippen molar-refractivity contribution in [1.29, 1.82) is 0 Å². The quantitative estimate of drug-likeness (QED) is 0.521. The van der Waals surface area contributed by atoms with Gasteiger partial charge in [-0.3, -0.25) is 9.80 Å². The van der Waals surface area contributed by atoms with Crippen molar-refractivity contribution in [2.75, 3.05) is 63.2 Å². The average molecular weight is 487 g/mol. The van der Waals surface area contributed by atoms with E-state index >= 15 is 0 Å². The number of nitrogens with zero attached hydrogens (tertiary/aromatic N) is 6. The monoisotopic (exact) mass is 486 g/mol. The van der Waals surface area contributed by atoms with Crippen LogP contribution < -0.4 is 10.6 Å². The van der Waals surface area contributed by atoms with Crippen LogP contribution in [0.3, 0.4) is 0 Å². The Morgan fingerprint density at radius 2 is 1.85 bits per heavy atom. The Hall–Kier alpha value is -2.66. The van der Waals surface area contributed by atoms with Crippen LogP contribution in [0.15, 0.2) is 30.7 Å². The normalized spacial score (nSPS) is 18.3. The Balaban J connectivity index is 1.18. The Morgan fingerprint density at radius 3 is 2.65 bits per heavy atom. The molecule has 0 unspecified atom stereocenters. The lowest BCUT2D eigenvalue weighted by Crippen LogP contribution is -2.46. The third-order valence-corrected chi connectivity index (χ3v) is 6.61. The third kappa shape index (κ3) is 5.69. The zero-order valence-corrected chi connectivity index (χ0v) is 19.6. The van der Waals surface area contributed by atoms with Gasteiger partial charge in [0.2, 0.25) is 5.95 Å². The second kappa shape index (κ2) is 10.7. The van der Waals surface area contributed by atoms with Crippen LogP contribution in [0.4, 0.5) is 21.8 Å². The number of benzene rings is 1. The van der Waals surface area contributed by atoms with E-state index in [1.54, 1.807) is 12.3 Å². The van der Waals surface area contributed by atoms with E-state index in [1.807, 2.05) is 0 Å². The molecule has 2 fully saturated rings. The molecule has 0 atom stereocenters. The van der Waals surface area contributed by atoms with Crippen LogP contribution >= 0.6 is 11.6 Å². The van der Waals surface area contributed by atoms with Crippen molar-refractivity contribution in [2.45, 2.75) is 12.8 Å². The number of halogens is 2. The van der Waals surface area contributed by atoms with Crippen molar-refractivity contribution in [3.05, 3.63) is 41.6 Å². The van der Waals surface area contributed by atoms with Gasteiger partial charge in [0, 0.05) is 25.3 Å². The Bertz CT molecular complexity index is 1120. The molecule has 0 spiro atoms. The van der Waals surface area contributed by atoms with Gasteiger partial charge in [-0.1, -0.05) is 11.6 Å². The first-order chi connectivity index (χ1) is 16.6. The SMILES string of the molecule is Fc1ccc(Nc2ncnc3cnc(NCC4CCN(CN5CCOCC5)CC4)nc23)cc1Cl. The van der Waals surface area contributed by atoms with Crippen molar-refractivity contribution < 1.29 is 9.13 Å². The molecular weight excluding hydrogens is 459 g/mol. The zero-order chi connectivity index (χ0) is 23.3. The summed E-state index contributed by atoms with van der Waals surface area (Å²) in [6.45, 7) is 7.78. The average Bonchev–Trinajstić information content (AvgIpc) is 2.87. The molecule has 0 radical (unpaired) electrons. The van der Waals surface area contributed by atoms with E-state index in [0.717, 1.165) is 65.4 Å². The maximum absolute atomic E-state index is 13.5. The van der Waals surface area contributed by atoms with Crippen molar-refractivity contribution >= 4 is 40.1 Å². The molecule has 11 heteroatoms. The molecule has 9 nitrogen and oxygen atoms in total. The van der Waals surface area contributed by atoms with Crippen LogP contribution in [-0.2, 0) is 4.74 Å². The molecule has 2 aliphatic rings. The van der Waals surface area contributed by atoms with Crippen LogP contribution in [0.5, 0.6) is 0 Å². The lowest BCUT2D eigenvalue weighted by Gasteiger charge is -2.37. The fourth-order valence-electron chi connectivity index (χ4n) is 4.33. The van der Waals surface area contributed by atoms with Crippen LogP contribution in [0.2, 0.25) is 5.02 Å². The van der Waals surface area contributed by atoms with Gasteiger partial charge in [-0.25, -0.2) is 24.3 Å². The molecule has 2 saturated heterocycles. The van der Waals surface area contributed by atoms with Crippen molar-refractivity contribution in [1.82, 2.24) is 29.7 Å². The molecule has 4 heterocycles. The molecule has 0 amide bonds. The lowest BCUT2D eigenvalue weighted by atomic mass is 9.97. The molecule has 0 saturated carbocycles. The van der Waals surface area contributed by atoms with Gasteiger partial charge in [-0.15, -0.1) is 0 Å². The summed E-state index contributed by atoms with van der Waals surface area (Å²) in [6, 6.07) is 4.42. The summed E-state index contributed by atoms with van der Waals surface area (Å²) in [5, 5.41) is 6.58. The van der Waals surface area contributed by atoms with E-state index in [2.05, 4.69) is 40.4 Å². The number of aromatic nitrogens is 4. The number of rotatable bonds is 7. The molecular formula is C23H28ClFN8O. The number of likely N-dealkylation sites (tertiary alicyclic amines) is 1. The minimum Gasteiger partial charge on any atom is -0.379 e. The van der Waals surface area contributed by atoms with Crippen molar-refractivity contribution in [3.63, 3.8) is 0 Å². The number of anilines is 3. The summed E-state index contributed by atoms with van der Waals surface area (Å²) in [5.74, 6) is 1.15. The molecule has 2 aliphatic heterocycles. The summed E-state index contributed by atoms with van der Waals surface area (Å²) >= 11 is 5.90. The maximum atomic E-state index is 13.5. The third-order valence-electron chi connectivity index (χ3n) is 6.32. The van der Waals surface area contributed by atoms with Crippen LogP contribution in [0, 0.1) is 11.7 Å². The van der Waals surface area contributed by atoms with E-state index < -0.39 is 5.82 Å². The van der Waals surface area contributed by atoms with Crippen molar-refractivity contribution in [3.8, 4) is 0 Å². The highest BCUT2D eigenvalue weighted by molar-refractivity contribution is 6.31. The summed E-state index contributed by atoms with van der Waals surface area (Å²) in [6.07, 6.45) is 5.41. The molecule has 180 valence electrons. The first-order valence-corrected chi connectivity index (χ1v) is 12.0. The molecule has 0 aliphatic carbocycles. The van der Waals surface area contributed by atoms with Gasteiger partial charge in [-0.2, -0.15) is 0 Å². The predicted octanol–water partition coefficient (Wildman–Crippen LogP) is 3.37. The van der Waals surface area contributed by atoms with Crippen LogP contribution in [0.25, 0.3) is 11.0 Å².